The fraction of sp³-hybridized carbons (Fsp3) is 0.333. The molecule has 1 saturated heterocycles. The molecule has 2 heterocycles. The first kappa shape index (κ1) is 26.3. The molecule has 1 aromatic heterocycles. The van der Waals surface area contributed by atoms with Crippen LogP contribution in [0, 0.1) is 13.8 Å². The summed E-state index contributed by atoms with van der Waals surface area (Å²) in [4.78, 5) is 4.27. The van der Waals surface area contributed by atoms with Crippen molar-refractivity contribution in [2.75, 3.05) is 13.1 Å². The largest absolute Gasteiger partial charge is 0.411 e. The highest BCUT2D eigenvalue weighted by atomic mass is 35.5. The van der Waals surface area contributed by atoms with E-state index in [0.29, 0.717) is 30.2 Å². The van der Waals surface area contributed by atoms with Gasteiger partial charge in [0.2, 0.25) is 0 Å². The van der Waals surface area contributed by atoms with Gasteiger partial charge in [0.15, 0.2) is 0 Å². The van der Waals surface area contributed by atoms with Crippen molar-refractivity contribution in [3.63, 3.8) is 0 Å². The first-order valence-electron chi connectivity index (χ1n) is 11.9. The van der Waals surface area contributed by atoms with E-state index < -0.39 is 10.2 Å². The van der Waals surface area contributed by atoms with Crippen molar-refractivity contribution in [2.45, 2.75) is 44.9 Å². The van der Waals surface area contributed by atoms with Crippen molar-refractivity contribution < 1.29 is 13.6 Å². The van der Waals surface area contributed by atoms with Crippen LogP contribution in [0.5, 0.6) is 0 Å². The first-order chi connectivity index (χ1) is 17.2. The number of pyridine rings is 1. The van der Waals surface area contributed by atoms with E-state index in [9.17, 15) is 13.6 Å². The molecule has 3 aromatic rings. The summed E-state index contributed by atoms with van der Waals surface area (Å²) in [6, 6.07) is 18.0. The first-order valence-corrected chi connectivity index (χ1v) is 13.8. The second-order valence-corrected chi connectivity index (χ2v) is 11.4. The molecule has 0 aliphatic carbocycles. The van der Waals surface area contributed by atoms with Gasteiger partial charge < -0.3 is 5.21 Å². The van der Waals surface area contributed by atoms with E-state index in [4.69, 9.17) is 16.7 Å². The number of aromatic nitrogens is 1. The fourth-order valence-electron chi connectivity index (χ4n) is 5.04. The monoisotopic (exact) mass is 526 g/mol. The molecule has 1 aliphatic rings. The molecule has 2 aromatic carbocycles. The summed E-state index contributed by atoms with van der Waals surface area (Å²) in [5, 5.41) is 19.8. The van der Waals surface area contributed by atoms with Gasteiger partial charge in [-0.15, -0.1) is 0 Å². The van der Waals surface area contributed by atoms with Crippen LogP contribution in [0.1, 0.15) is 58.2 Å². The Morgan fingerprint density at radius 2 is 1.83 bits per heavy atom. The van der Waals surface area contributed by atoms with E-state index in [2.05, 4.69) is 34.4 Å². The van der Waals surface area contributed by atoms with Crippen molar-refractivity contribution in [2.24, 2.45) is 10.3 Å². The average molecular weight is 527 g/mol. The second kappa shape index (κ2) is 11.1. The standard InChI is InChI=1S/C27H31ClN4O3S/c1-18-15-24(28)7-8-25(18)27(26(31-33)17-20-9-12-30-19(2)16-20)23-5-3-21(4-6-23)22-10-13-32(14-11-22)36(29,34)35/h3-9,12,15-16,22,27,33H,10-11,13-14,17H2,1-2H3,(H2,29,34,35). The Hall–Kier alpha value is -2.78. The van der Waals surface area contributed by atoms with E-state index in [-0.39, 0.29) is 11.8 Å². The molecule has 7 nitrogen and oxygen atoms in total. The Bertz CT molecular complexity index is 1350. The number of nitrogens with zero attached hydrogens (tertiary/aromatic N) is 3. The molecule has 0 bridgehead atoms. The quantitative estimate of drug-likeness (QED) is 0.258. The number of piperidine rings is 1. The molecule has 3 N–H and O–H groups in total. The van der Waals surface area contributed by atoms with Gasteiger partial charge in [-0.3, -0.25) is 4.98 Å². The lowest BCUT2D eigenvalue weighted by Crippen LogP contribution is -2.41. The predicted octanol–water partition coefficient (Wildman–Crippen LogP) is 4.94. The highest BCUT2D eigenvalue weighted by Crippen LogP contribution is 2.34. The Balaban J connectivity index is 1.64. The van der Waals surface area contributed by atoms with Crippen molar-refractivity contribution >= 4 is 27.5 Å². The minimum Gasteiger partial charge on any atom is -0.411 e. The number of oxime groups is 1. The third-order valence-electron chi connectivity index (χ3n) is 6.91. The van der Waals surface area contributed by atoms with Gasteiger partial charge in [0.1, 0.15) is 0 Å². The molecule has 9 heteroatoms. The van der Waals surface area contributed by atoms with Crippen LogP contribution in [0.2, 0.25) is 5.02 Å². The highest BCUT2D eigenvalue weighted by Gasteiger charge is 2.27. The molecule has 1 atom stereocenters. The van der Waals surface area contributed by atoms with E-state index in [1.165, 1.54) is 4.31 Å². The number of nitrogens with two attached hydrogens (primary N) is 1. The van der Waals surface area contributed by atoms with E-state index in [1.54, 1.807) is 6.20 Å². The summed E-state index contributed by atoms with van der Waals surface area (Å²) in [6.07, 6.45) is 3.68. The van der Waals surface area contributed by atoms with Crippen molar-refractivity contribution in [1.82, 2.24) is 9.29 Å². The van der Waals surface area contributed by atoms with Gasteiger partial charge in [0.25, 0.3) is 10.2 Å². The highest BCUT2D eigenvalue weighted by molar-refractivity contribution is 7.86. The molecule has 190 valence electrons. The minimum absolute atomic E-state index is 0.263. The van der Waals surface area contributed by atoms with Crippen LogP contribution in [0.25, 0.3) is 0 Å². The van der Waals surface area contributed by atoms with Crippen LogP contribution in [-0.4, -0.2) is 41.7 Å². The third-order valence-corrected chi connectivity index (χ3v) is 8.23. The average Bonchev–Trinajstić information content (AvgIpc) is 2.85. The van der Waals surface area contributed by atoms with Gasteiger partial charge in [0.05, 0.1) is 11.6 Å². The number of hydrogen-bond donors (Lipinski definition) is 2. The summed E-state index contributed by atoms with van der Waals surface area (Å²) in [5.41, 5.74) is 6.75. The molecular weight excluding hydrogens is 496 g/mol. The van der Waals surface area contributed by atoms with Crippen LogP contribution >= 0.6 is 11.6 Å². The molecule has 0 spiro atoms. The molecule has 0 saturated carbocycles. The maximum atomic E-state index is 11.6. The Morgan fingerprint density at radius 3 is 2.42 bits per heavy atom. The molecule has 4 rings (SSSR count). The van der Waals surface area contributed by atoms with Crippen molar-refractivity contribution in [1.29, 1.82) is 0 Å². The zero-order chi connectivity index (χ0) is 25.9. The summed E-state index contributed by atoms with van der Waals surface area (Å²) in [7, 11) is -3.65. The van der Waals surface area contributed by atoms with Crippen LogP contribution in [0.15, 0.2) is 65.9 Å². The maximum absolute atomic E-state index is 11.6. The number of benzene rings is 2. The Morgan fingerprint density at radius 1 is 1.14 bits per heavy atom. The summed E-state index contributed by atoms with van der Waals surface area (Å²) >= 11 is 6.24. The van der Waals surface area contributed by atoms with Crippen molar-refractivity contribution in [3.8, 4) is 0 Å². The minimum atomic E-state index is -3.65. The number of hydrogen-bond acceptors (Lipinski definition) is 5. The molecule has 1 fully saturated rings. The van der Waals surface area contributed by atoms with Crippen molar-refractivity contribution in [3.05, 3.63) is 99.3 Å². The smallest absolute Gasteiger partial charge is 0.276 e. The lowest BCUT2D eigenvalue weighted by molar-refractivity contribution is 0.316. The summed E-state index contributed by atoms with van der Waals surface area (Å²) < 4.78 is 24.6. The fourth-order valence-corrected chi connectivity index (χ4v) is 5.98. The van der Waals surface area contributed by atoms with Gasteiger partial charge in [-0.25, -0.2) is 5.14 Å². The number of aryl methyl sites for hydroxylation is 2. The van der Waals surface area contributed by atoms with Gasteiger partial charge in [-0.05, 0) is 84.7 Å². The zero-order valence-electron chi connectivity index (χ0n) is 20.4. The molecule has 36 heavy (non-hydrogen) atoms. The lowest BCUT2D eigenvalue weighted by Gasteiger charge is -2.30. The van der Waals surface area contributed by atoms with Crippen LogP contribution in [-0.2, 0) is 16.6 Å². The predicted molar refractivity (Wildman–Crippen MR) is 143 cm³/mol. The van der Waals surface area contributed by atoms with Gasteiger partial charge in [-0.2, -0.15) is 12.7 Å². The van der Waals surface area contributed by atoms with Gasteiger partial charge in [0, 0.05) is 36.4 Å². The summed E-state index contributed by atoms with van der Waals surface area (Å²) in [6.45, 7) is 4.79. The zero-order valence-corrected chi connectivity index (χ0v) is 22.0. The van der Waals surface area contributed by atoms with Gasteiger partial charge >= 0.3 is 0 Å². The molecular formula is C27H31ClN4O3S. The molecule has 0 radical (unpaired) electrons. The Kier molecular flexibility index (Phi) is 8.10. The van der Waals surface area contributed by atoms with Crippen LogP contribution < -0.4 is 5.14 Å². The normalized spacial score (nSPS) is 16.7. The molecule has 0 amide bonds. The second-order valence-electron chi connectivity index (χ2n) is 9.39. The Labute approximate surface area is 217 Å². The van der Waals surface area contributed by atoms with Crippen LogP contribution in [0.3, 0.4) is 0 Å². The third kappa shape index (κ3) is 6.13. The van der Waals surface area contributed by atoms with E-state index in [0.717, 1.165) is 46.4 Å². The molecule has 1 unspecified atom stereocenters. The topological polar surface area (TPSA) is 109 Å². The number of halogens is 1. The van der Waals surface area contributed by atoms with E-state index >= 15 is 0 Å². The summed E-state index contributed by atoms with van der Waals surface area (Å²) in [5.74, 6) is -0.00226. The number of rotatable bonds is 7. The van der Waals surface area contributed by atoms with Gasteiger partial charge in [-0.1, -0.05) is 47.1 Å². The van der Waals surface area contributed by atoms with Crippen LogP contribution in [0.4, 0.5) is 0 Å². The maximum Gasteiger partial charge on any atom is 0.276 e. The lowest BCUT2D eigenvalue weighted by atomic mass is 9.81. The molecule has 1 aliphatic heterocycles. The SMILES string of the molecule is Cc1cc(CC(=NO)C(c2ccc(C3CCN(S(N)(=O)=O)CC3)cc2)c2ccc(Cl)cc2C)ccn1. The van der Waals surface area contributed by atoms with E-state index in [1.807, 2.05) is 44.2 Å².